The monoisotopic (exact) mass is 437 g/mol. The highest BCUT2D eigenvalue weighted by Crippen LogP contribution is 2.43. The molecule has 1 heterocycles. The Morgan fingerprint density at radius 1 is 1.19 bits per heavy atom. The van der Waals surface area contributed by atoms with E-state index in [1.165, 1.54) is 17.9 Å². The second-order valence-corrected chi connectivity index (χ2v) is 8.44. The fourth-order valence-electron chi connectivity index (χ4n) is 3.34. The van der Waals surface area contributed by atoms with E-state index in [0.717, 1.165) is 5.56 Å². The number of carbonyl (C=O) groups excluding carboxylic acids is 2. The van der Waals surface area contributed by atoms with E-state index in [-0.39, 0.29) is 23.1 Å². The van der Waals surface area contributed by atoms with Crippen LogP contribution in [0.1, 0.15) is 47.1 Å². The van der Waals surface area contributed by atoms with Crippen LogP contribution >= 0.6 is 0 Å². The number of amides is 2. The lowest BCUT2D eigenvalue weighted by atomic mass is 9.99. The molecule has 1 aliphatic heterocycles. The van der Waals surface area contributed by atoms with Crippen molar-refractivity contribution in [2.75, 3.05) is 14.1 Å². The number of hydrogen-bond acceptors (Lipinski definition) is 5. The Balaban J connectivity index is 1.96. The van der Waals surface area contributed by atoms with Crippen LogP contribution in [0.15, 0.2) is 53.2 Å². The number of hydrogen-bond donors (Lipinski definition) is 2. The molecule has 0 aromatic heterocycles. The van der Waals surface area contributed by atoms with Crippen LogP contribution in [0.5, 0.6) is 17.2 Å². The molecule has 8 nitrogen and oxygen atoms in total. The van der Waals surface area contributed by atoms with Crippen LogP contribution in [0, 0.1) is 0 Å². The first-order valence-corrected chi connectivity index (χ1v) is 10.1. The number of fused-ring (bicyclic) bond motifs is 1. The largest absolute Gasteiger partial charge is 0.512 e. The first-order valence-electron chi connectivity index (χ1n) is 10.1. The van der Waals surface area contributed by atoms with E-state index in [4.69, 9.17) is 15.2 Å². The summed E-state index contributed by atoms with van der Waals surface area (Å²) in [4.78, 5) is 30.1. The quantitative estimate of drug-likeness (QED) is 0.417. The number of carbonyl (C=O) groups is 2. The Labute approximate surface area is 187 Å². The first-order chi connectivity index (χ1) is 14.9. The minimum Gasteiger partial charge on any atom is -0.512 e. The zero-order valence-electron chi connectivity index (χ0n) is 18.8. The van der Waals surface area contributed by atoms with Crippen molar-refractivity contribution in [2.45, 2.75) is 32.8 Å². The van der Waals surface area contributed by atoms with Gasteiger partial charge in [-0.3, -0.25) is 9.59 Å². The molecule has 3 N–H and O–H groups in total. The zero-order chi connectivity index (χ0) is 23.6. The summed E-state index contributed by atoms with van der Waals surface area (Å²) in [6, 6.07) is 9.97. The van der Waals surface area contributed by atoms with Gasteiger partial charge in [-0.1, -0.05) is 0 Å². The molecule has 1 aliphatic rings. The summed E-state index contributed by atoms with van der Waals surface area (Å²) in [7, 11) is 3.38. The molecule has 2 amide bonds. The lowest BCUT2D eigenvalue weighted by Gasteiger charge is -2.16. The average molecular weight is 437 g/mol. The van der Waals surface area contributed by atoms with Crippen molar-refractivity contribution in [1.29, 1.82) is 0 Å². The summed E-state index contributed by atoms with van der Waals surface area (Å²) in [6.45, 7) is 5.33. The number of aliphatic imine (C=N–C) groups is 1. The highest BCUT2D eigenvalue weighted by molar-refractivity contribution is 6.06. The summed E-state index contributed by atoms with van der Waals surface area (Å²) in [5.41, 5.74) is 6.85. The van der Waals surface area contributed by atoms with Crippen LogP contribution in [0.2, 0.25) is 0 Å². The number of allylic oxidation sites excluding steroid dienone is 1. The van der Waals surface area contributed by atoms with Crippen molar-refractivity contribution < 1.29 is 24.2 Å². The number of nitrogens with two attached hydrogens (primary N) is 1. The van der Waals surface area contributed by atoms with Crippen molar-refractivity contribution in [1.82, 2.24) is 4.90 Å². The molecule has 0 saturated heterocycles. The molecule has 32 heavy (non-hydrogen) atoms. The zero-order valence-corrected chi connectivity index (χ0v) is 18.8. The second-order valence-electron chi connectivity index (χ2n) is 8.44. The molecular formula is C24H27N3O5. The Morgan fingerprint density at radius 2 is 1.84 bits per heavy atom. The number of benzene rings is 2. The van der Waals surface area contributed by atoms with Crippen molar-refractivity contribution >= 4 is 17.6 Å². The van der Waals surface area contributed by atoms with Gasteiger partial charge < -0.3 is 25.2 Å². The standard InChI is InChI=1S/C24H27N3O5/c1-14(28)10-21(25)26-22(29)16-11-19(18-13-24(2,3)32-20(18)12-16)31-17-8-6-15(7-9-17)23(30)27(4)5/h6-12,28H,13H2,1-5H3,(H2,25,26,29)/b14-10-. The molecule has 168 valence electrons. The maximum absolute atomic E-state index is 12.7. The van der Waals surface area contributed by atoms with Crippen LogP contribution in [0.3, 0.4) is 0 Å². The molecule has 0 spiro atoms. The Morgan fingerprint density at radius 3 is 2.44 bits per heavy atom. The van der Waals surface area contributed by atoms with Crippen molar-refractivity contribution in [3.63, 3.8) is 0 Å². The fraction of sp³-hybridized carbons (Fsp3) is 0.292. The van der Waals surface area contributed by atoms with Gasteiger partial charge in [0.2, 0.25) is 0 Å². The van der Waals surface area contributed by atoms with Gasteiger partial charge in [-0.2, -0.15) is 4.99 Å². The predicted octanol–water partition coefficient (Wildman–Crippen LogP) is 3.85. The highest BCUT2D eigenvalue weighted by Gasteiger charge is 2.34. The molecule has 0 unspecified atom stereocenters. The van der Waals surface area contributed by atoms with E-state index >= 15 is 0 Å². The fourth-order valence-corrected chi connectivity index (χ4v) is 3.34. The number of amidine groups is 1. The molecule has 0 aliphatic carbocycles. The van der Waals surface area contributed by atoms with E-state index in [0.29, 0.717) is 29.2 Å². The highest BCUT2D eigenvalue weighted by atomic mass is 16.5. The third-order valence-corrected chi connectivity index (χ3v) is 4.73. The lowest BCUT2D eigenvalue weighted by molar-refractivity contribution is 0.0827. The number of rotatable bonds is 5. The Hall–Kier alpha value is -3.81. The molecule has 0 saturated carbocycles. The van der Waals surface area contributed by atoms with Crippen LogP contribution in [0.25, 0.3) is 0 Å². The van der Waals surface area contributed by atoms with Gasteiger partial charge >= 0.3 is 0 Å². The van der Waals surface area contributed by atoms with Crippen LogP contribution in [0.4, 0.5) is 0 Å². The molecule has 3 rings (SSSR count). The van der Waals surface area contributed by atoms with E-state index in [1.54, 1.807) is 50.5 Å². The molecule has 0 atom stereocenters. The average Bonchev–Trinajstić information content (AvgIpc) is 3.01. The molecule has 8 heteroatoms. The van der Waals surface area contributed by atoms with Crippen molar-refractivity contribution in [3.8, 4) is 17.2 Å². The predicted molar refractivity (Wildman–Crippen MR) is 122 cm³/mol. The molecule has 0 radical (unpaired) electrons. The van der Waals surface area contributed by atoms with Gasteiger partial charge in [0.05, 0.1) is 5.76 Å². The summed E-state index contributed by atoms with van der Waals surface area (Å²) in [5.74, 6) is 0.650. The number of aliphatic hydroxyl groups is 1. The van der Waals surface area contributed by atoms with Crippen LogP contribution in [-0.4, -0.2) is 47.4 Å². The van der Waals surface area contributed by atoms with E-state index in [9.17, 15) is 14.7 Å². The van der Waals surface area contributed by atoms with Gasteiger partial charge in [0, 0.05) is 43.3 Å². The summed E-state index contributed by atoms with van der Waals surface area (Å²) in [6.07, 6.45) is 1.79. The van der Waals surface area contributed by atoms with Gasteiger partial charge in [-0.15, -0.1) is 0 Å². The lowest BCUT2D eigenvalue weighted by Crippen LogP contribution is -2.24. The Bertz CT molecular complexity index is 1110. The summed E-state index contributed by atoms with van der Waals surface area (Å²) in [5, 5.41) is 9.31. The summed E-state index contributed by atoms with van der Waals surface area (Å²) >= 11 is 0. The molecule has 0 fully saturated rings. The minimum atomic E-state index is -0.590. The smallest absolute Gasteiger partial charge is 0.279 e. The van der Waals surface area contributed by atoms with Crippen molar-refractivity contribution in [3.05, 3.63) is 64.9 Å². The van der Waals surface area contributed by atoms with E-state index in [1.807, 2.05) is 13.8 Å². The maximum Gasteiger partial charge on any atom is 0.279 e. The topological polar surface area (TPSA) is 114 Å². The molecular weight excluding hydrogens is 410 g/mol. The molecule has 2 aromatic rings. The second kappa shape index (κ2) is 8.74. The molecule has 0 bridgehead atoms. The van der Waals surface area contributed by atoms with Gasteiger partial charge in [0.1, 0.15) is 28.7 Å². The maximum atomic E-state index is 12.7. The van der Waals surface area contributed by atoms with Gasteiger partial charge in [-0.25, -0.2) is 0 Å². The number of ether oxygens (including phenoxy) is 2. The first kappa shape index (κ1) is 22.9. The SMILES string of the molecule is C/C(O)=C/C(N)=NC(=O)c1cc(Oc2ccc(C(=O)N(C)C)cc2)c2c(c1)OC(C)(C)C2. The van der Waals surface area contributed by atoms with Crippen LogP contribution < -0.4 is 15.2 Å². The Kier molecular flexibility index (Phi) is 6.25. The third kappa shape index (κ3) is 5.26. The van der Waals surface area contributed by atoms with Gasteiger partial charge in [0.25, 0.3) is 11.8 Å². The van der Waals surface area contributed by atoms with E-state index < -0.39 is 11.5 Å². The number of nitrogens with zero attached hydrogens (tertiary/aromatic N) is 2. The molecule has 2 aromatic carbocycles. The van der Waals surface area contributed by atoms with E-state index in [2.05, 4.69) is 4.99 Å². The third-order valence-electron chi connectivity index (χ3n) is 4.73. The van der Waals surface area contributed by atoms with Crippen LogP contribution in [-0.2, 0) is 6.42 Å². The normalized spacial score (nSPS) is 15.0. The van der Waals surface area contributed by atoms with Crippen molar-refractivity contribution in [2.24, 2.45) is 10.7 Å². The number of aliphatic hydroxyl groups excluding tert-OH is 1. The minimum absolute atomic E-state index is 0.0571. The van der Waals surface area contributed by atoms with Gasteiger partial charge in [-0.05, 0) is 57.2 Å². The van der Waals surface area contributed by atoms with Gasteiger partial charge in [0.15, 0.2) is 0 Å². The summed E-state index contributed by atoms with van der Waals surface area (Å²) < 4.78 is 12.1.